The largest absolute Gasteiger partial charge is 0.378 e. The van der Waals surface area contributed by atoms with E-state index >= 15 is 0 Å². The van der Waals surface area contributed by atoms with Gasteiger partial charge in [0, 0.05) is 25.5 Å². The number of nitrogens with one attached hydrogen (secondary N) is 1. The number of fused-ring (bicyclic) bond motifs is 1. The van der Waals surface area contributed by atoms with Crippen molar-refractivity contribution in [3.05, 3.63) is 41.1 Å². The third kappa shape index (κ3) is 2.48. The predicted octanol–water partition coefficient (Wildman–Crippen LogP) is 0.701. The molecule has 1 aliphatic heterocycles. The highest BCUT2D eigenvalue weighted by Gasteiger charge is 2.32. The number of nitrogens with two attached hydrogens (primary N) is 2. The Morgan fingerprint density at radius 2 is 1.96 bits per heavy atom. The maximum Gasteiger partial charge on any atom is 0.248 e. The van der Waals surface area contributed by atoms with Crippen LogP contribution < -0.4 is 21.7 Å². The molecule has 1 aliphatic rings. The van der Waals surface area contributed by atoms with Crippen LogP contribution >= 0.6 is 0 Å². The second kappa shape index (κ2) is 5.31. The van der Waals surface area contributed by atoms with Crippen molar-refractivity contribution in [1.82, 2.24) is 14.8 Å². The molecule has 0 radical (unpaired) electrons. The standard InChI is InChI=1S/C15H19N7O/c1-8-11(13(16)23)12(22-15(18-8)19-14(17)20-22)9-4-6-10(7-5-9)21(2)3/h4-7,12H,1-3H3,(H2,16,23)(H3,17,18,19,20). The Labute approximate surface area is 133 Å². The Balaban J connectivity index is 2.14. The Kier molecular flexibility index (Phi) is 3.44. The molecule has 23 heavy (non-hydrogen) atoms. The number of nitrogen functional groups attached to an aromatic ring is 1. The smallest absolute Gasteiger partial charge is 0.248 e. The lowest BCUT2D eigenvalue weighted by molar-refractivity contribution is -0.115. The lowest BCUT2D eigenvalue weighted by Crippen LogP contribution is -2.31. The first kappa shape index (κ1) is 14.9. The number of carbonyl (C=O) groups excluding carboxylic acids is 1. The van der Waals surface area contributed by atoms with Gasteiger partial charge in [0.15, 0.2) is 0 Å². The van der Waals surface area contributed by atoms with Gasteiger partial charge in [0.2, 0.25) is 17.8 Å². The monoisotopic (exact) mass is 313 g/mol. The van der Waals surface area contributed by atoms with Gasteiger partial charge in [-0.1, -0.05) is 12.1 Å². The predicted molar refractivity (Wildman–Crippen MR) is 88.9 cm³/mol. The second-order valence-electron chi connectivity index (χ2n) is 5.65. The van der Waals surface area contributed by atoms with Crippen molar-refractivity contribution in [1.29, 1.82) is 0 Å². The van der Waals surface area contributed by atoms with E-state index in [1.807, 2.05) is 43.3 Å². The minimum atomic E-state index is -0.503. The van der Waals surface area contributed by atoms with Crippen LogP contribution in [0.15, 0.2) is 35.5 Å². The van der Waals surface area contributed by atoms with Gasteiger partial charge in [0.25, 0.3) is 0 Å². The SMILES string of the molecule is CC1=C(C(N)=O)C(c2ccc(N(C)C)cc2)n2nc(N)nc2N1. The summed E-state index contributed by atoms with van der Waals surface area (Å²) in [7, 11) is 3.93. The van der Waals surface area contributed by atoms with E-state index in [0.717, 1.165) is 11.3 Å². The van der Waals surface area contributed by atoms with Gasteiger partial charge < -0.3 is 21.7 Å². The molecule has 0 saturated carbocycles. The van der Waals surface area contributed by atoms with Crippen molar-refractivity contribution < 1.29 is 4.79 Å². The number of benzene rings is 1. The van der Waals surface area contributed by atoms with Gasteiger partial charge in [-0.05, 0) is 24.6 Å². The molecule has 1 unspecified atom stereocenters. The third-order valence-corrected chi connectivity index (χ3v) is 3.86. The molecule has 1 amide bonds. The zero-order valence-corrected chi connectivity index (χ0v) is 13.2. The number of aromatic nitrogens is 3. The van der Waals surface area contributed by atoms with Gasteiger partial charge in [0.1, 0.15) is 6.04 Å². The molecule has 0 bridgehead atoms. The molecule has 8 heteroatoms. The first-order valence-corrected chi connectivity index (χ1v) is 7.15. The molecule has 2 aromatic rings. The quantitative estimate of drug-likeness (QED) is 0.768. The number of hydrogen-bond donors (Lipinski definition) is 3. The molecule has 0 fully saturated rings. The van der Waals surface area contributed by atoms with E-state index in [0.29, 0.717) is 17.2 Å². The van der Waals surface area contributed by atoms with Crippen molar-refractivity contribution in [3.63, 3.8) is 0 Å². The Morgan fingerprint density at radius 3 is 2.52 bits per heavy atom. The summed E-state index contributed by atoms with van der Waals surface area (Å²) in [5.41, 5.74) is 14.3. The highest BCUT2D eigenvalue weighted by atomic mass is 16.1. The molecule has 0 aliphatic carbocycles. The molecule has 120 valence electrons. The highest BCUT2D eigenvalue weighted by molar-refractivity contribution is 5.95. The number of anilines is 3. The number of hydrogen-bond acceptors (Lipinski definition) is 6. The van der Waals surface area contributed by atoms with Crippen molar-refractivity contribution in [3.8, 4) is 0 Å². The van der Waals surface area contributed by atoms with Crippen molar-refractivity contribution >= 4 is 23.5 Å². The number of rotatable bonds is 3. The van der Waals surface area contributed by atoms with E-state index in [1.165, 1.54) is 0 Å². The zero-order chi connectivity index (χ0) is 16.7. The Morgan fingerprint density at radius 1 is 1.30 bits per heavy atom. The molecule has 0 saturated heterocycles. The van der Waals surface area contributed by atoms with Gasteiger partial charge in [-0.25, -0.2) is 4.68 Å². The summed E-state index contributed by atoms with van der Waals surface area (Å²) < 4.78 is 1.59. The van der Waals surface area contributed by atoms with Crippen LogP contribution in [0, 0.1) is 0 Å². The van der Waals surface area contributed by atoms with Gasteiger partial charge in [-0.3, -0.25) is 4.79 Å². The Bertz CT molecular complexity index is 789. The average molecular weight is 313 g/mol. The molecule has 5 N–H and O–H groups in total. The van der Waals surface area contributed by atoms with E-state index in [1.54, 1.807) is 11.6 Å². The lowest BCUT2D eigenvalue weighted by Gasteiger charge is -2.27. The molecule has 1 aromatic carbocycles. The second-order valence-corrected chi connectivity index (χ2v) is 5.65. The van der Waals surface area contributed by atoms with Crippen molar-refractivity contribution in [2.75, 3.05) is 30.0 Å². The van der Waals surface area contributed by atoms with Gasteiger partial charge in [-0.2, -0.15) is 4.98 Å². The topological polar surface area (TPSA) is 115 Å². The fourth-order valence-corrected chi connectivity index (χ4v) is 2.75. The maximum absolute atomic E-state index is 12.0. The van der Waals surface area contributed by atoms with Crippen molar-refractivity contribution in [2.45, 2.75) is 13.0 Å². The molecule has 8 nitrogen and oxygen atoms in total. The third-order valence-electron chi connectivity index (χ3n) is 3.86. The minimum Gasteiger partial charge on any atom is -0.378 e. The summed E-state index contributed by atoms with van der Waals surface area (Å²) in [6.45, 7) is 1.79. The summed E-state index contributed by atoms with van der Waals surface area (Å²) in [5.74, 6) is 0.129. The molecule has 1 atom stereocenters. The van der Waals surface area contributed by atoms with Crippen LogP contribution in [-0.2, 0) is 4.79 Å². The van der Waals surface area contributed by atoms with E-state index in [9.17, 15) is 4.79 Å². The number of amides is 1. The molecular formula is C15H19N7O. The summed E-state index contributed by atoms with van der Waals surface area (Å²) in [6, 6.07) is 7.40. The first-order valence-electron chi connectivity index (χ1n) is 7.15. The van der Waals surface area contributed by atoms with E-state index in [2.05, 4.69) is 15.4 Å². The number of nitrogens with zero attached hydrogens (tertiary/aromatic N) is 4. The van der Waals surface area contributed by atoms with Crippen LogP contribution in [0.1, 0.15) is 18.5 Å². The molecular weight excluding hydrogens is 294 g/mol. The van der Waals surface area contributed by atoms with Gasteiger partial charge in [0.05, 0.1) is 5.57 Å². The summed E-state index contributed by atoms with van der Waals surface area (Å²) in [6.07, 6.45) is 0. The molecule has 1 aromatic heterocycles. The zero-order valence-electron chi connectivity index (χ0n) is 13.2. The van der Waals surface area contributed by atoms with E-state index in [4.69, 9.17) is 11.5 Å². The summed E-state index contributed by atoms with van der Waals surface area (Å²) >= 11 is 0. The van der Waals surface area contributed by atoms with Crippen LogP contribution in [0.4, 0.5) is 17.6 Å². The van der Waals surface area contributed by atoms with Crippen molar-refractivity contribution in [2.24, 2.45) is 5.73 Å². The van der Waals surface area contributed by atoms with E-state index < -0.39 is 11.9 Å². The maximum atomic E-state index is 12.0. The normalized spacial score (nSPS) is 16.7. The van der Waals surface area contributed by atoms with Gasteiger partial charge >= 0.3 is 0 Å². The van der Waals surface area contributed by atoms with Gasteiger partial charge in [-0.15, -0.1) is 5.10 Å². The van der Waals surface area contributed by atoms with Crippen LogP contribution in [0.25, 0.3) is 0 Å². The lowest BCUT2D eigenvalue weighted by atomic mass is 9.95. The fraction of sp³-hybridized carbons (Fsp3) is 0.267. The molecule has 0 spiro atoms. The molecule has 3 rings (SSSR count). The fourth-order valence-electron chi connectivity index (χ4n) is 2.75. The van der Waals surface area contributed by atoms with E-state index in [-0.39, 0.29) is 5.95 Å². The van der Waals surface area contributed by atoms with Crippen LogP contribution in [0.5, 0.6) is 0 Å². The average Bonchev–Trinajstić information content (AvgIpc) is 2.85. The Hall–Kier alpha value is -3.03. The van der Waals surface area contributed by atoms with Crippen LogP contribution in [-0.4, -0.2) is 34.8 Å². The molecule has 2 heterocycles. The summed E-state index contributed by atoms with van der Waals surface area (Å²) in [4.78, 5) is 18.1. The first-order chi connectivity index (χ1) is 10.9. The highest BCUT2D eigenvalue weighted by Crippen LogP contribution is 2.35. The number of allylic oxidation sites excluding steroid dienone is 1. The van der Waals surface area contributed by atoms with Crippen LogP contribution in [0.2, 0.25) is 0 Å². The number of carbonyl (C=O) groups is 1. The number of primary amides is 1. The summed E-state index contributed by atoms with van der Waals surface area (Å²) in [5, 5.41) is 7.22. The van der Waals surface area contributed by atoms with Crippen LogP contribution in [0.3, 0.4) is 0 Å². The minimum absolute atomic E-state index is 0.140.